The molecule has 0 radical (unpaired) electrons. The molecule has 1 atom stereocenters. The van der Waals surface area contributed by atoms with Gasteiger partial charge in [-0.3, -0.25) is 9.59 Å². The van der Waals surface area contributed by atoms with Gasteiger partial charge in [0.25, 0.3) is 5.91 Å². The number of para-hydroxylation sites is 1. The molecule has 1 saturated heterocycles. The number of hydrogen-bond donors (Lipinski definition) is 2. The Morgan fingerprint density at radius 1 is 1.09 bits per heavy atom. The molecule has 3 heterocycles. The van der Waals surface area contributed by atoms with E-state index in [4.69, 9.17) is 10.2 Å². The predicted molar refractivity (Wildman–Crippen MR) is 130 cm³/mol. The van der Waals surface area contributed by atoms with Crippen LogP contribution in [0, 0.1) is 0 Å². The van der Waals surface area contributed by atoms with Crippen LogP contribution in [0.15, 0.2) is 65.4 Å². The van der Waals surface area contributed by atoms with Gasteiger partial charge in [0.05, 0.1) is 6.04 Å². The number of hydrogen-bond acceptors (Lipinski definition) is 6. The fraction of sp³-hybridized carbons (Fsp3) is 0.269. The molecule has 4 aromatic rings. The van der Waals surface area contributed by atoms with Crippen LogP contribution >= 0.6 is 0 Å². The molecule has 2 aromatic carbocycles. The summed E-state index contributed by atoms with van der Waals surface area (Å²) in [5, 5.41) is 1.12. The summed E-state index contributed by atoms with van der Waals surface area (Å²) in [6.45, 7) is 4.13. The lowest BCUT2D eigenvalue weighted by atomic mass is 10.1. The summed E-state index contributed by atoms with van der Waals surface area (Å²) in [6, 6.07) is 15.2. The average Bonchev–Trinajstić information content (AvgIpc) is 3.52. The number of nitrogens with two attached hydrogens (primary N) is 1. The number of nitrogens with zero attached hydrogens (tertiary/aromatic N) is 3. The number of carbonyl (C=O) groups excluding carboxylic acids is 2. The molecular formula is C26H27N5O3. The van der Waals surface area contributed by atoms with Gasteiger partial charge in [0.2, 0.25) is 5.89 Å². The summed E-state index contributed by atoms with van der Waals surface area (Å²) in [5.74, 6) is 0.258. The van der Waals surface area contributed by atoms with Crippen LogP contribution in [0.1, 0.15) is 45.3 Å². The number of aromatic nitrogens is 2. The number of rotatable bonds is 6. The number of ketones is 1. The van der Waals surface area contributed by atoms with Gasteiger partial charge in [-0.15, -0.1) is 0 Å². The maximum absolute atomic E-state index is 13.0. The molecule has 2 aromatic heterocycles. The van der Waals surface area contributed by atoms with Crippen LogP contribution in [0.2, 0.25) is 0 Å². The predicted octanol–water partition coefficient (Wildman–Crippen LogP) is 3.56. The topological polar surface area (TPSA) is 108 Å². The Bertz CT molecular complexity index is 1320. The Hall–Kier alpha value is -3.91. The largest absolute Gasteiger partial charge is 0.446 e. The summed E-state index contributed by atoms with van der Waals surface area (Å²) in [4.78, 5) is 36.1. The van der Waals surface area contributed by atoms with Crippen molar-refractivity contribution >= 4 is 28.3 Å². The molecule has 34 heavy (non-hydrogen) atoms. The maximum atomic E-state index is 13.0. The van der Waals surface area contributed by atoms with E-state index in [-0.39, 0.29) is 17.4 Å². The number of aromatic amines is 1. The van der Waals surface area contributed by atoms with Gasteiger partial charge < -0.3 is 24.9 Å². The maximum Gasteiger partial charge on any atom is 0.275 e. The first-order valence-electron chi connectivity index (χ1n) is 11.4. The Morgan fingerprint density at radius 3 is 2.56 bits per heavy atom. The lowest BCUT2D eigenvalue weighted by molar-refractivity contribution is 0.0740. The third kappa shape index (κ3) is 4.32. The van der Waals surface area contributed by atoms with E-state index < -0.39 is 6.04 Å². The van der Waals surface area contributed by atoms with Gasteiger partial charge in [0.15, 0.2) is 11.5 Å². The van der Waals surface area contributed by atoms with Crippen molar-refractivity contribution in [2.45, 2.75) is 19.4 Å². The molecule has 8 nitrogen and oxygen atoms in total. The molecule has 1 fully saturated rings. The molecule has 1 aliphatic rings. The smallest absolute Gasteiger partial charge is 0.275 e. The van der Waals surface area contributed by atoms with Gasteiger partial charge in [-0.25, -0.2) is 4.98 Å². The molecule has 0 saturated carbocycles. The number of nitrogens with one attached hydrogen (secondary N) is 1. The molecule has 0 aliphatic carbocycles. The number of oxazole rings is 1. The van der Waals surface area contributed by atoms with Crippen molar-refractivity contribution in [2.24, 2.45) is 5.73 Å². The monoisotopic (exact) mass is 457 g/mol. The minimum atomic E-state index is -0.449. The summed E-state index contributed by atoms with van der Waals surface area (Å²) in [7, 11) is 0. The summed E-state index contributed by atoms with van der Waals surface area (Å²) >= 11 is 0. The highest BCUT2D eigenvalue weighted by molar-refractivity contribution is 5.94. The van der Waals surface area contributed by atoms with Gasteiger partial charge >= 0.3 is 0 Å². The van der Waals surface area contributed by atoms with Crippen molar-refractivity contribution in [3.63, 3.8) is 0 Å². The standard InChI is InChI=1S/C26H27N5O3/c1-17(32)18-6-8-20(9-7-18)30-10-12-31(13-11-30)26(33)24-16-34-25(29-24)22(27)14-19-15-28-23-5-3-2-4-21(19)23/h2-9,15-16,22,28H,10-14,27H2,1H3. The van der Waals surface area contributed by atoms with Crippen molar-refractivity contribution < 1.29 is 14.0 Å². The Kier molecular flexibility index (Phi) is 5.90. The minimum Gasteiger partial charge on any atom is -0.446 e. The zero-order valence-corrected chi connectivity index (χ0v) is 19.0. The number of H-pyrrole nitrogens is 1. The summed E-state index contributed by atoms with van der Waals surface area (Å²) in [6.07, 6.45) is 3.91. The number of fused-ring (bicyclic) bond motifs is 1. The molecule has 0 bridgehead atoms. The average molecular weight is 458 g/mol. The van der Waals surface area contributed by atoms with E-state index >= 15 is 0 Å². The van der Waals surface area contributed by atoms with E-state index in [2.05, 4.69) is 20.9 Å². The van der Waals surface area contributed by atoms with E-state index in [0.717, 1.165) is 22.2 Å². The van der Waals surface area contributed by atoms with E-state index in [0.29, 0.717) is 44.1 Å². The fourth-order valence-corrected chi connectivity index (χ4v) is 4.42. The second kappa shape index (κ2) is 9.15. The van der Waals surface area contributed by atoms with Crippen LogP contribution in [-0.4, -0.2) is 52.7 Å². The molecule has 1 aliphatic heterocycles. The first kappa shape index (κ1) is 21.9. The quantitative estimate of drug-likeness (QED) is 0.429. The second-order valence-corrected chi connectivity index (χ2v) is 8.62. The van der Waals surface area contributed by atoms with Crippen molar-refractivity contribution in [1.82, 2.24) is 14.9 Å². The zero-order chi connectivity index (χ0) is 23.7. The van der Waals surface area contributed by atoms with Crippen LogP contribution in [0.3, 0.4) is 0 Å². The van der Waals surface area contributed by atoms with Crippen LogP contribution in [-0.2, 0) is 6.42 Å². The number of benzene rings is 2. The van der Waals surface area contributed by atoms with Gasteiger partial charge in [0.1, 0.15) is 6.26 Å². The second-order valence-electron chi connectivity index (χ2n) is 8.62. The van der Waals surface area contributed by atoms with E-state index in [1.54, 1.807) is 11.8 Å². The zero-order valence-electron chi connectivity index (χ0n) is 19.0. The third-order valence-electron chi connectivity index (χ3n) is 6.38. The number of piperazine rings is 1. The third-order valence-corrected chi connectivity index (χ3v) is 6.38. The number of anilines is 1. The molecule has 1 unspecified atom stereocenters. The highest BCUT2D eigenvalue weighted by Crippen LogP contribution is 2.24. The Balaban J connectivity index is 1.20. The van der Waals surface area contributed by atoms with E-state index in [1.165, 1.54) is 6.26 Å². The summed E-state index contributed by atoms with van der Waals surface area (Å²) < 4.78 is 5.59. The molecule has 1 amide bonds. The molecule has 8 heteroatoms. The first-order chi connectivity index (χ1) is 16.5. The minimum absolute atomic E-state index is 0.0510. The van der Waals surface area contributed by atoms with Crippen LogP contribution in [0.4, 0.5) is 5.69 Å². The van der Waals surface area contributed by atoms with Crippen molar-refractivity contribution in [2.75, 3.05) is 31.1 Å². The van der Waals surface area contributed by atoms with Crippen LogP contribution in [0.25, 0.3) is 10.9 Å². The molecule has 174 valence electrons. The fourth-order valence-electron chi connectivity index (χ4n) is 4.42. The Labute approximate surface area is 197 Å². The molecular weight excluding hydrogens is 430 g/mol. The van der Waals surface area contributed by atoms with Crippen molar-refractivity contribution in [3.8, 4) is 0 Å². The van der Waals surface area contributed by atoms with Gasteiger partial charge in [-0.2, -0.15) is 0 Å². The number of carbonyl (C=O) groups is 2. The number of Topliss-reactive ketones (excluding diaryl/α,β-unsaturated/α-hetero) is 1. The normalized spacial score (nSPS) is 15.0. The van der Waals surface area contributed by atoms with E-state index in [1.807, 2.05) is 48.7 Å². The molecule has 3 N–H and O–H groups in total. The molecule has 5 rings (SSSR count). The first-order valence-corrected chi connectivity index (χ1v) is 11.4. The van der Waals surface area contributed by atoms with E-state index in [9.17, 15) is 9.59 Å². The van der Waals surface area contributed by atoms with Gasteiger partial charge in [0, 0.05) is 54.5 Å². The lowest BCUT2D eigenvalue weighted by Crippen LogP contribution is -2.48. The van der Waals surface area contributed by atoms with Crippen LogP contribution in [0.5, 0.6) is 0 Å². The highest BCUT2D eigenvalue weighted by Gasteiger charge is 2.26. The van der Waals surface area contributed by atoms with Gasteiger partial charge in [-0.05, 0) is 49.2 Å². The van der Waals surface area contributed by atoms with Crippen molar-refractivity contribution in [3.05, 3.63) is 83.7 Å². The van der Waals surface area contributed by atoms with Crippen LogP contribution < -0.4 is 10.6 Å². The van der Waals surface area contributed by atoms with Crippen molar-refractivity contribution in [1.29, 1.82) is 0 Å². The number of amides is 1. The van der Waals surface area contributed by atoms with Gasteiger partial charge in [-0.1, -0.05) is 18.2 Å². The lowest BCUT2D eigenvalue weighted by Gasteiger charge is -2.35. The Morgan fingerprint density at radius 2 is 1.82 bits per heavy atom. The SMILES string of the molecule is CC(=O)c1ccc(N2CCN(C(=O)c3coc(C(N)Cc4c[nH]c5ccccc45)n3)CC2)cc1. The highest BCUT2D eigenvalue weighted by atomic mass is 16.3. The summed E-state index contributed by atoms with van der Waals surface area (Å²) in [5.41, 5.74) is 10.5. The molecule has 0 spiro atoms.